The van der Waals surface area contributed by atoms with E-state index in [9.17, 15) is 0 Å². The molecule has 0 atom stereocenters. The summed E-state index contributed by atoms with van der Waals surface area (Å²) >= 11 is 0. The molecular weight excluding hydrogens is 236 g/mol. The van der Waals surface area contributed by atoms with Gasteiger partial charge in [-0.05, 0) is 57.2 Å². The molecule has 0 bridgehead atoms. The number of hydrogen-bond acceptors (Lipinski definition) is 3. The predicted molar refractivity (Wildman–Crippen MR) is 79.3 cm³/mol. The van der Waals surface area contributed by atoms with Crippen molar-refractivity contribution in [3.8, 4) is 5.75 Å². The van der Waals surface area contributed by atoms with Gasteiger partial charge in [-0.3, -0.25) is 0 Å². The molecule has 0 radical (unpaired) electrons. The van der Waals surface area contributed by atoms with Gasteiger partial charge in [0.2, 0.25) is 0 Å². The van der Waals surface area contributed by atoms with E-state index in [0.717, 1.165) is 25.1 Å². The van der Waals surface area contributed by atoms with Crippen LogP contribution in [0.15, 0.2) is 24.3 Å². The van der Waals surface area contributed by atoms with Crippen LogP contribution >= 0.6 is 0 Å². The molecule has 3 N–H and O–H groups in total. The largest absolute Gasteiger partial charge is 0.491 e. The second-order valence-corrected chi connectivity index (χ2v) is 5.80. The molecule has 106 valence electrons. The zero-order chi connectivity index (χ0) is 13.7. The fourth-order valence-corrected chi connectivity index (χ4v) is 2.54. The van der Waals surface area contributed by atoms with Crippen LogP contribution < -0.4 is 15.8 Å². The summed E-state index contributed by atoms with van der Waals surface area (Å²) in [6.45, 7) is 5.02. The average Bonchev–Trinajstić information content (AvgIpc) is 2.39. The lowest BCUT2D eigenvalue weighted by atomic mass is 9.92. The monoisotopic (exact) mass is 262 g/mol. The maximum Gasteiger partial charge on any atom is 0.119 e. The van der Waals surface area contributed by atoms with Gasteiger partial charge >= 0.3 is 0 Å². The Kier molecular flexibility index (Phi) is 5.23. The van der Waals surface area contributed by atoms with E-state index in [2.05, 4.69) is 17.4 Å². The van der Waals surface area contributed by atoms with Crippen LogP contribution in [0.25, 0.3) is 0 Å². The van der Waals surface area contributed by atoms with Gasteiger partial charge in [0, 0.05) is 18.6 Å². The van der Waals surface area contributed by atoms with Crippen molar-refractivity contribution < 1.29 is 4.74 Å². The Labute approximate surface area is 116 Å². The first-order valence-electron chi connectivity index (χ1n) is 7.38. The normalized spacial score (nSPS) is 23.6. The minimum atomic E-state index is 0.232. The van der Waals surface area contributed by atoms with Crippen molar-refractivity contribution in [3.63, 3.8) is 0 Å². The molecule has 0 aromatic heterocycles. The third-order valence-electron chi connectivity index (χ3n) is 3.66. The molecule has 1 aliphatic rings. The van der Waals surface area contributed by atoms with Crippen LogP contribution in [0.5, 0.6) is 5.75 Å². The zero-order valence-corrected chi connectivity index (χ0v) is 12.1. The zero-order valence-electron chi connectivity index (χ0n) is 12.1. The number of benzene rings is 1. The highest BCUT2D eigenvalue weighted by atomic mass is 16.5. The average molecular weight is 262 g/mol. The quantitative estimate of drug-likeness (QED) is 0.858. The lowest BCUT2D eigenvalue weighted by Crippen LogP contribution is -2.36. The fraction of sp³-hybridized carbons (Fsp3) is 0.625. The number of rotatable bonds is 5. The molecule has 0 amide bonds. The van der Waals surface area contributed by atoms with Crippen LogP contribution in [-0.2, 0) is 6.54 Å². The van der Waals surface area contributed by atoms with Gasteiger partial charge in [-0.25, -0.2) is 0 Å². The summed E-state index contributed by atoms with van der Waals surface area (Å²) in [6, 6.07) is 9.43. The smallest absolute Gasteiger partial charge is 0.119 e. The highest BCUT2D eigenvalue weighted by Crippen LogP contribution is 2.18. The van der Waals surface area contributed by atoms with Gasteiger partial charge in [0.05, 0.1) is 6.10 Å². The highest BCUT2D eigenvalue weighted by molar-refractivity contribution is 5.27. The fourth-order valence-electron chi connectivity index (χ4n) is 2.54. The maximum absolute atomic E-state index is 5.92. The van der Waals surface area contributed by atoms with Crippen LogP contribution in [0.2, 0.25) is 0 Å². The summed E-state index contributed by atoms with van der Waals surface area (Å²) in [7, 11) is 0. The van der Waals surface area contributed by atoms with Crippen molar-refractivity contribution in [1.29, 1.82) is 0 Å². The molecule has 0 saturated heterocycles. The lowest BCUT2D eigenvalue weighted by Gasteiger charge is -2.27. The summed E-state index contributed by atoms with van der Waals surface area (Å²) in [5.41, 5.74) is 7.23. The highest BCUT2D eigenvalue weighted by Gasteiger charge is 2.17. The van der Waals surface area contributed by atoms with Gasteiger partial charge in [0.15, 0.2) is 0 Å². The van der Waals surface area contributed by atoms with Crippen molar-refractivity contribution in [2.75, 3.05) is 0 Å². The minimum Gasteiger partial charge on any atom is -0.491 e. The number of nitrogens with one attached hydrogen (secondary N) is 1. The van der Waals surface area contributed by atoms with E-state index < -0.39 is 0 Å². The molecule has 3 nitrogen and oxygen atoms in total. The van der Waals surface area contributed by atoms with Crippen molar-refractivity contribution >= 4 is 0 Å². The van der Waals surface area contributed by atoms with E-state index >= 15 is 0 Å². The van der Waals surface area contributed by atoms with Crippen LogP contribution in [-0.4, -0.2) is 18.2 Å². The Morgan fingerprint density at radius 3 is 2.37 bits per heavy atom. The van der Waals surface area contributed by atoms with Gasteiger partial charge in [-0.15, -0.1) is 0 Å². The molecule has 1 fully saturated rings. The molecule has 2 rings (SSSR count). The van der Waals surface area contributed by atoms with Gasteiger partial charge in [-0.2, -0.15) is 0 Å². The topological polar surface area (TPSA) is 47.3 Å². The van der Waals surface area contributed by atoms with Crippen LogP contribution in [0.3, 0.4) is 0 Å². The molecule has 1 aromatic rings. The molecule has 1 aliphatic carbocycles. The Balaban J connectivity index is 1.76. The number of nitrogens with two attached hydrogens (primary N) is 1. The van der Waals surface area contributed by atoms with Crippen LogP contribution in [0.1, 0.15) is 45.1 Å². The van der Waals surface area contributed by atoms with Gasteiger partial charge in [0.25, 0.3) is 0 Å². The van der Waals surface area contributed by atoms with Crippen LogP contribution in [0, 0.1) is 0 Å². The van der Waals surface area contributed by atoms with Crippen molar-refractivity contribution in [3.05, 3.63) is 29.8 Å². The summed E-state index contributed by atoms with van der Waals surface area (Å²) in [5, 5.41) is 3.62. The minimum absolute atomic E-state index is 0.232. The van der Waals surface area contributed by atoms with E-state index in [1.807, 2.05) is 26.0 Å². The Hall–Kier alpha value is -1.06. The Bertz CT molecular complexity index is 367. The molecule has 0 heterocycles. The van der Waals surface area contributed by atoms with E-state index in [1.54, 1.807) is 0 Å². The molecule has 1 aromatic carbocycles. The third kappa shape index (κ3) is 4.84. The number of ether oxygens (including phenoxy) is 1. The maximum atomic E-state index is 5.92. The molecule has 19 heavy (non-hydrogen) atoms. The predicted octanol–water partition coefficient (Wildman–Crippen LogP) is 2.83. The SMILES string of the molecule is CC(C)Oc1ccc(CNC2CCC(N)CC2)cc1. The Morgan fingerprint density at radius 2 is 1.79 bits per heavy atom. The second-order valence-electron chi connectivity index (χ2n) is 5.80. The second kappa shape index (κ2) is 6.92. The molecule has 0 aliphatic heterocycles. The first kappa shape index (κ1) is 14.4. The van der Waals surface area contributed by atoms with E-state index in [1.165, 1.54) is 18.4 Å². The molecular formula is C16H26N2O. The summed E-state index contributed by atoms with van der Waals surface area (Å²) < 4.78 is 5.64. The summed E-state index contributed by atoms with van der Waals surface area (Å²) in [5.74, 6) is 0.947. The van der Waals surface area contributed by atoms with E-state index in [-0.39, 0.29) is 6.10 Å². The third-order valence-corrected chi connectivity index (χ3v) is 3.66. The van der Waals surface area contributed by atoms with E-state index in [4.69, 9.17) is 10.5 Å². The van der Waals surface area contributed by atoms with Crippen molar-refractivity contribution in [1.82, 2.24) is 5.32 Å². The summed E-state index contributed by atoms with van der Waals surface area (Å²) in [4.78, 5) is 0. The van der Waals surface area contributed by atoms with Crippen LogP contribution in [0.4, 0.5) is 0 Å². The first-order valence-corrected chi connectivity index (χ1v) is 7.38. The van der Waals surface area contributed by atoms with Crippen molar-refractivity contribution in [2.24, 2.45) is 5.73 Å². The Morgan fingerprint density at radius 1 is 1.16 bits per heavy atom. The molecule has 1 saturated carbocycles. The molecule has 0 unspecified atom stereocenters. The van der Waals surface area contributed by atoms with Gasteiger partial charge < -0.3 is 15.8 Å². The molecule has 3 heteroatoms. The lowest BCUT2D eigenvalue weighted by molar-refractivity contribution is 0.242. The van der Waals surface area contributed by atoms with Gasteiger partial charge in [-0.1, -0.05) is 12.1 Å². The standard InChI is InChI=1S/C16H26N2O/c1-12(2)19-16-9-3-13(4-10-16)11-18-15-7-5-14(17)6-8-15/h3-4,9-10,12,14-15,18H,5-8,11,17H2,1-2H3. The summed E-state index contributed by atoms with van der Waals surface area (Å²) in [6.07, 6.45) is 4.94. The van der Waals surface area contributed by atoms with Gasteiger partial charge in [0.1, 0.15) is 5.75 Å². The first-order chi connectivity index (χ1) is 9.13. The van der Waals surface area contributed by atoms with Crippen molar-refractivity contribution in [2.45, 2.75) is 64.3 Å². The van der Waals surface area contributed by atoms with E-state index in [0.29, 0.717) is 12.1 Å². The molecule has 0 spiro atoms. The number of hydrogen-bond donors (Lipinski definition) is 2.